The minimum atomic E-state index is -0.583. The van der Waals surface area contributed by atoms with E-state index in [-0.39, 0.29) is 29.2 Å². The van der Waals surface area contributed by atoms with E-state index in [1.54, 1.807) is 21.3 Å². The highest BCUT2D eigenvalue weighted by molar-refractivity contribution is 6.04. The predicted molar refractivity (Wildman–Crippen MR) is 138 cm³/mol. The summed E-state index contributed by atoms with van der Waals surface area (Å²) in [5.74, 6) is 1.44. The van der Waals surface area contributed by atoms with Crippen LogP contribution < -0.4 is 18.9 Å². The highest BCUT2D eigenvalue weighted by Gasteiger charge is 2.17. The first-order valence-electron chi connectivity index (χ1n) is 10.9. The van der Waals surface area contributed by atoms with Gasteiger partial charge in [-0.1, -0.05) is 24.3 Å². The number of benzene rings is 3. The standard InChI is InChI=1S/C27H26N2O7/c1-33-24-11-10-20(17-22(24)29(31)32)23(30)12-13-28-21-7-5-6-18(14-21)8-9-19-15-25(34-2)27(36-4)26(16-19)35-3/h5-11,13-17H,12H2,1-4H3/b9-8-,28-13?. The lowest BCUT2D eigenvalue weighted by Gasteiger charge is -2.12. The number of nitro benzene ring substituents is 1. The number of carbonyl (C=O) groups excluding carboxylic acids is 1. The van der Waals surface area contributed by atoms with Crippen molar-refractivity contribution in [2.75, 3.05) is 28.4 Å². The SMILES string of the molecule is COc1ccc(C(=O)CC=Nc2cccc(/C=C\c3cc(OC)c(OC)c(OC)c3)c2)cc1[N+](=O)[O-]. The normalized spacial score (nSPS) is 11.0. The van der Waals surface area contributed by atoms with Crippen molar-refractivity contribution in [3.8, 4) is 23.0 Å². The lowest BCUT2D eigenvalue weighted by molar-refractivity contribution is -0.385. The number of nitro groups is 1. The minimum Gasteiger partial charge on any atom is -0.493 e. The van der Waals surface area contributed by atoms with Crippen molar-refractivity contribution < 1.29 is 28.7 Å². The first kappa shape index (κ1) is 26.0. The summed E-state index contributed by atoms with van der Waals surface area (Å²) < 4.78 is 21.1. The Bertz CT molecular complexity index is 1290. The fourth-order valence-electron chi connectivity index (χ4n) is 3.46. The number of ketones is 1. The smallest absolute Gasteiger partial charge is 0.311 e. The van der Waals surface area contributed by atoms with Gasteiger partial charge in [0.2, 0.25) is 5.75 Å². The van der Waals surface area contributed by atoms with Crippen molar-refractivity contribution >= 4 is 35.5 Å². The number of hydrogen-bond donors (Lipinski definition) is 0. The topological polar surface area (TPSA) is 109 Å². The van der Waals surface area contributed by atoms with Crippen molar-refractivity contribution in [3.63, 3.8) is 0 Å². The summed E-state index contributed by atoms with van der Waals surface area (Å²) >= 11 is 0. The zero-order chi connectivity index (χ0) is 26.1. The van der Waals surface area contributed by atoms with Gasteiger partial charge in [0.1, 0.15) is 0 Å². The Labute approximate surface area is 208 Å². The fraction of sp³-hybridized carbons (Fsp3) is 0.185. The molecule has 0 amide bonds. The molecule has 0 bridgehead atoms. The van der Waals surface area contributed by atoms with Gasteiger partial charge in [0.25, 0.3) is 0 Å². The van der Waals surface area contributed by atoms with E-state index in [1.165, 1.54) is 31.5 Å². The third-order valence-corrected chi connectivity index (χ3v) is 5.24. The van der Waals surface area contributed by atoms with Crippen LogP contribution >= 0.6 is 0 Å². The van der Waals surface area contributed by atoms with Crippen LogP contribution in [0.15, 0.2) is 59.6 Å². The molecule has 0 spiro atoms. The van der Waals surface area contributed by atoms with Crippen LogP contribution in [0, 0.1) is 10.1 Å². The summed E-state index contributed by atoms with van der Waals surface area (Å²) in [4.78, 5) is 27.5. The minimum absolute atomic E-state index is 0.00497. The molecule has 186 valence electrons. The average molecular weight is 491 g/mol. The molecule has 36 heavy (non-hydrogen) atoms. The molecule has 0 aliphatic heterocycles. The second-order valence-electron chi connectivity index (χ2n) is 7.47. The molecule has 0 atom stereocenters. The average Bonchev–Trinajstić information content (AvgIpc) is 2.90. The van der Waals surface area contributed by atoms with E-state index in [2.05, 4.69) is 4.99 Å². The summed E-state index contributed by atoms with van der Waals surface area (Å²) in [6, 6.07) is 15.3. The number of aliphatic imine (C=N–C) groups is 1. The van der Waals surface area contributed by atoms with Gasteiger partial charge in [0, 0.05) is 24.3 Å². The largest absolute Gasteiger partial charge is 0.493 e. The number of carbonyl (C=O) groups is 1. The highest BCUT2D eigenvalue weighted by atomic mass is 16.6. The Hall–Kier alpha value is -4.66. The Morgan fingerprint density at radius 2 is 1.53 bits per heavy atom. The van der Waals surface area contributed by atoms with Gasteiger partial charge in [-0.15, -0.1) is 0 Å². The maximum Gasteiger partial charge on any atom is 0.311 e. The van der Waals surface area contributed by atoms with E-state index in [0.29, 0.717) is 22.9 Å². The Kier molecular flexibility index (Phi) is 8.77. The number of hydrogen-bond acceptors (Lipinski definition) is 8. The zero-order valence-corrected chi connectivity index (χ0v) is 20.4. The Balaban J connectivity index is 1.72. The fourth-order valence-corrected chi connectivity index (χ4v) is 3.46. The van der Waals surface area contributed by atoms with Crippen molar-refractivity contribution in [3.05, 3.63) is 81.4 Å². The van der Waals surface area contributed by atoms with Crippen LogP contribution in [-0.4, -0.2) is 45.4 Å². The third-order valence-electron chi connectivity index (χ3n) is 5.24. The van der Waals surface area contributed by atoms with Crippen LogP contribution in [0.5, 0.6) is 23.0 Å². The first-order valence-corrected chi connectivity index (χ1v) is 10.9. The van der Waals surface area contributed by atoms with Crippen LogP contribution in [0.2, 0.25) is 0 Å². The molecule has 3 aromatic carbocycles. The number of nitrogens with zero attached hydrogens (tertiary/aromatic N) is 2. The van der Waals surface area contributed by atoms with Gasteiger partial charge in [0.05, 0.1) is 39.0 Å². The lowest BCUT2D eigenvalue weighted by atomic mass is 10.1. The van der Waals surface area contributed by atoms with Gasteiger partial charge in [-0.05, 0) is 47.5 Å². The second-order valence-corrected chi connectivity index (χ2v) is 7.47. The summed E-state index contributed by atoms with van der Waals surface area (Å²) in [6.45, 7) is 0. The molecule has 0 N–H and O–H groups in total. The van der Waals surface area contributed by atoms with Crippen molar-refractivity contribution in [2.45, 2.75) is 6.42 Å². The number of rotatable bonds is 11. The molecule has 0 fully saturated rings. The van der Waals surface area contributed by atoms with E-state index in [1.807, 2.05) is 48.6 Å². The van der Waals surface area contributed by atoms with Gasteiger partial charge >= 0.3 is 5.69 Å². The third kappa shape index (κ3) is 6.26. The van der Waals surface area contributed by atoms with Crippen LogP contribution in [0.25, 0.3) is 12.2 Å². The van der Waals surface area contributed by atoms with Gasteiger partial charge in [0.15, 0.2) is 23.0 Å². The van der Waals surface area contributed by atoms with Crippen molar-refractivity contribution in [1.29, 1.82) is 0 Å². The molecular formula is C27H26N2O7. The maximum atomic E-state index is 12.5. The summed E-state index contributed by atoms with van der Waals surface area (Å²) in [5, 5.41) is 11.2. The maximum absolute atomic E-state index is 12.5. The van der Waals surface area contributed by atoms with Crippen LogP contribution in [-0.2, 0) is 0 Å². The van der Waals surface area contributed by atoms with Crippen LogP contribution in [0.1, 0.15) is 27.9 Å². The highest BCUT2D eigenvalue weighted by Crippen LogP contribution is 2.38. The molecule has 0 radical (unpaired) electrons. The molecule has 0 saturated heterocycles. The van der Waals surface area contributed by atoms with E-state index < -0.39 is 4.92 Å². The Morgan fingerprint density at radius 3 is 2.14 bits per heavy atom. The number of Topliss-reactive ketones (excluding diaryl/α,β-unsaturated/α-hetero) is 1. The van der Waals surface area contributed by atoms with E-state index >= 15 is 0 Å². The molecule has 9 heteroatoms. The summed E-state index contributed by atoms with van der Waals surface area (Å²) in [6.07, 6.45) is 5.31. The van der Waals surface area contributed by atoms with Crippen molar-refractivity contribution in [1.82, 2.24) is 0 Å². The zero-order valence-electron chi connectivity index (χ0n) is 20.4. The van der Waals surface area contributed by atoms with Gasteiger partial charge < -0.3 is 18.9 Å². The van der Waals surface area contributed by atoms with Crippen LogP contribution in [0.4, 0.5) is 11.4 Å². The van der Waals surface area contributed by atoms with Crippen molar-refractivity contribution in [2.24, 2.45) is 4.99 Å². The second kappa shape index (κ2) is 12.2. The molecule has 0 aliphatic rings. The molecule has 9 nitrogen and oxygen atoms in total. The number of methoxy groups -OCH3 is 4. The molecule has 0 heterocycles. The van der Waals surface area contributed by atoms with Gasteiger partial charge in [-0.2, -0.15) is 0 Å². The number of ether oxygens (including phenoxy) is 4. The molecule has 0 unspecified atom stereocenters. The van der Waals surface area contributed by atoms with E-state index in [9.17, 15) is 14.9 Å². The molecule has 0 aromatic heterocycles. The molecule has 3 rings (SSSR count). The summed E-state index contributed by atoms with van der Waals surface area (Å²) in [5.41, 5.74) is 2.38. The predicted octanol–water partition coefficient (Wildman–Crippen LogP) is 5.77. The van der Waals surface area contributed by atoms with E-state index in [0.717, 1.165) is 11.1 Å². The molecule has 0 aliphatic carbocycles. The van der Waals surface area contributed by atoms with E-state index in [4.69, 9.17) is 18.9 Å². The molecular weight excluding hydrogens is 464 g/mol. The Morgan fingerprint density at radius 1 is 0.861 bits per heavy atom. The van der Waals surface area contributed by atoms with Gasteiger partial charge in [-0.3, -0.25) is 19.9 Å². The van der Waals surface area contributed by atoms with Gasteiger partial charge in [-0.25, -0.2) is 0 Å². The quantitative estimate of drug-likeness (QED) is 0.110. The summed E-state index contributed by atoms with van der Waals surface area (Å²) in [7, 11) is 6.01. The van der Waals surface area contributed by atoms with Crippen LogP contribution in [0.3, 0.4) is 0 Å². The monoisotopic (exact) mass is 490 g/mol. The molecule has 3 aromatic rings. The lowest BCUT2D eigenvalue weighted by Crippen LogP contribution is -2.02. The molecule has 0 saturated carbocycles. The first-order chi connectivity index (χ1) is 17.4.